The van der Waals surface area contributed by atoms with E-state index < -0.39 is 0 Å². The molecular weight excluding hydrogens is 284 g/mol. The predicted octanol–water partition coefficient (Wildman–Crippen LogP) is 1.01. The quantitative estimate of drug-likeness (QED) is 0.795. The second-order valence-corrected chi connectivity index (χ2v) is 5.10. The SMILES string of the molecule is CCc1[nH]nc(C(=O)N[C@H](C)c2nncn2CCOC)c1C. The highest BCUT2D eigenvalue weighted by atomic mass is 16.5. The average Bonchev–Trinajstić information content (AvgIpc) is 3.11. The zero-order chi connectivity index (χ0) is 16.1. The third kappa shape index (κ3) is 3.33. The van der Waals surface area contributed by atoms with E-state index in [2.05, 4.69) is 25.7 Å². The van der Waals surface area contributed by atoms with Crippen molar-refractivity contribution >= 4 is 5.91 Å². The summed E-state index contributed by atoms with van der Waals surface area (Å²) in [5.41, 5.74) is 2.28. The van der Waals surface area contributed by atoms with E-state index in [-0.39, 0.29) is 11.9 Å². The number of nitrogens with one attached hydrogen (secondary N) is 2. The lowest BCUT2D eigenvalue weighted by Crippen LogP contribution is -2.29. The molecule has 2 N–H and O–H groups in total. The molecule has 0 unspecified atom stereocenters. The monoisotopic (exact) mass is 306 g/mol. The molecule has 120 valence electrons. The van der Waals surface area contributed by atoms with E-state index in [0.29, 0.717) is 24.7 Å². The molecule has 8 nitrogen and oxygen atoms in total. The first-order valence-electron chi connectivity index (χ1n) is 7.29. The Kier molecular flexibility index (Phi) is 5.26. The average molecular weight is 306 g/mol. The zero-order valence-corrected chi connectivity index (χ0v) is 13.4. The first-order chi connectivity index (χ1) is 10.6. The number of hydrogen-bond donors (Lipinski definition) is 2. The molecule has 0 bridgehead atoms. The molecule has 0 fully saturated rings. The summed E-state index contributed by atoms with van der Waals surface area (Å²) in [7, 11) is 1.64. The number of ether oxygens (including phenoxy) is 1. The van der Waals surface area contributed by atoms with Crippen LogP contribution in [0.4, 0.5) is 0 Å². The van der Waals surface area contributed by atoms with Crippen LogP contribution in [0.15, 0.2) is 6.33 Å². The largest absolute Gasteiger partial charge is 0.383 e. The van der Waals surface area contributed by atoms with Gasteiger partial charge in [0, 0.05) is 24.9 Å². The summed E-state index contributed by atoms with van der Waals surface area (Å²) in [5.74, 6) is 0.469. The van der Waals surface area contributed by atoms with E-state index in [9.17, 15) is 4.79 Å². The lowest BCUT2D eigenvalue weighted by molar-refractivity contribution is 0.0931. The van der Waals surface area contributed by atoms with Crippen LogP contribution in [0, 0.1) is 6.92 Å². The van der Waals surface area contributed by atoms with Crippen LogP contribution < -0.4 is 5.32 Å². The Balaban J connectivity index is 2.08. The van der Waals surface area contributed by atoms with Crippen LogP contribution in [0.25, 0.3) is 0 Å². The van der Waals surface area contributed by atoms with Gasteiger partial charge in [-0.3, -0.25) is 9.89 Å². The van der Waals surface area contributed by atoms with Gasteiger partial charge in [0.15, 0.2) is 11.5 Å². The van der Waals surface area contributed by atoms with Crippen LogP contribution in [-0.4, -0.2) is 44.6 Å². The van der Waals surface area contributed by atoms with Gasteiger partial charge >= 0.3 is 0 Å². The molecule has 2 rings (SSSR count). The van der Waals surface area contributed by atoms with Gasteiger partial charge in [0.05, 0.1) is 12.6 Å². The molecule has 0 aliphatic heterocycles. The van der Waals surface area contributed by atoms with Crippen LogP contribution in [0.1, 0.15) is 47.5 Å². The maximum atomic E-state index is 12.3. The van der Waals surface area contributed by atoms with Crippen LogP contribution >= 0.6 is 0 Å². The topological polar surface area (TPSA) is 97.7 Å². The van der Waals surface area contributed by atoms with Crippen LogP contribution in [0.5, 0.6) is 0 Å². The fraction of sp³-hybridized carbons (Fsp3) is 0.571. The van der Waals surface area contributed by atoms with Crippen molar-refractivity contribution in [1.82, 2.24) is 30.3 Å². The number of H-pyrrole nitrogens is 1. The molecule has 1 atom stereocenters. The van der Waals surface area contributed by atoms with Crippen molar-refractivity contribution in [3.63, 3.8) is 0 Å². The van der Waals surface area contributed by atoms with Crippen LogP contribution in [0.3, 0.4) is 0 Å². The van der Waals surface area contributed by atoms with Crippen molar-refractivity contribution in [2.24, 2.45) is 0 Å². The second kappa shape index (κ2) is 7.17. The van der Waals surface area contributed by atoms with E-state index in [0.717, 1.165) is 17.7 Å². The second-order valence-electron chi connectivity index (χ2n) is 5.10. The van der Waals surface area contributed by atoms with Crippen molar-refractivity contribution in [2.45, 2.75) is 39.8 Å². The Labute approximate surface area is 129 Å². The van der Waals surface area contributed by atoms with E-state index in [1.807, 2.05) is 25.3 Å². The van der Waals surface area contributed by atoms with E-state index >= 15 is 0 Å². The Bertz CT molecular complexity index is 633. The molecule has 1 amide bonds. The van der Waals surface area contributed by atoms with Gasteiger partial charge in [-0.15, -0.1) is 10.2 Å². The Morgan fingerprint density at radius 3 is 2.95 bits per heavy atom. The number of aryl methyl sites for hydroxylation is 1. The van der Waals surface area contributed by atoms with Gasteiger partial charge in [0.25, 0.3) is 5.91 Å². The number of methoxy groups -OCH3 is 1. The summed E-state index contributed by atoms with van der Waals surface area (Å²) < 4.78 is 6.92. The highest BCUT2D eigenvalue weighted by Crippen LogP contribution is 2.13. The van der Waals surface area contributed by atoms with Crippen molar-refractivity contribution < 1.29 is 9.53 Å². The van der Waals surface area contributed by atoms with E-state index in [1.54, 1.807) is 13.4 Å². The smallest absolute Gasteiger partial charge is 0.272 e. The first kappa shape index (κ1) is 16.2. The maximum Gasteiger partial charge on any atom is 0.272 e. The van der Waals surface area contributed by atoms with Gasteiger partial charge in [-0.1, -0.05) is 6.92 Å². The number of nitrogens with zero attached hydrogens (tertiary/aromatic N) is 4. The van der Waals surface area contributed by atoms with Gasteiger partial charge in [-0.05, 0) is 20.3 Å². The molecule has 0 aromatic carbocycles. The van der Waals surface area contributed by atoms with Crippen molar-refractivity contribution in [2.75, 3.05) is 13.7 Å². The number of hydrogen-bond acceptors (Lipinski definition) is 5. The fourth-order valence-electron chi connectivity index (χ4n) is 2.29. The minimum Gasteiger partial charge on any atom is -0.383 e. The van der Waals surface area contributed by atoms with Crippen LogP contribution in [0.2, 0.25) is 0 Å². The van der Waals surface area contributed by atoms with E-state index in [1.165, 1.54) is 0 Å². The van der Waals surface area contributed by atoms with Gasteiger partial charge in [0.1, 0.15) is 6.33 Å². The van der Waals surface area contributed by atoms with Gasteiger partial charge < -0.3 is 14.6 Å². The van der Waals surface area contributed by atoms with Gasteiger partial charge in [-0.25, -0.2) is 0 Å². The van der Waals surface area contributed by atoms with Gasteiger partial charge in [0.2, 0.25) is 0 Å². The highest BCUT2D eigenvalue weighted by Gasteiger charge is 2.20. The standard InChI is InChI=1S/C14H22N6O2/c1-5-11-9(2)12(18-17-11)14(21)16-10(3)13-19-15-8-20(13)6-7-22-4/h8,10H,5-7H2,1-4H3,(H,16,21)(H,17,18)/t10-/m1/s1. The van der Waals surface area contributed by atoms with Crippen molar-refractivity contribution in [3.05, 3.63) is 29.1 Å². The Morgan fingerprint density at radius 1 is 1.55 bits per heavy atom. The summed E-state index contributed by atoms with van der Waals surface area (Å²) in [4.78, 5) is 12.3. The fourth-order valence-corrected chi connectivity index (χ4v) is 2.29. The minimum absolute atomic E-state index is 0.220. The lowest BCUT2D eigenvalue weighted by Gasteiger charge is -2.14. The Morgan fingerprint density at radius 2 is 2.32 bits per heavy atom. The third-order valence-corrected chi connectivity index (χ3v) is 3.60. The third-order valence-electron chi connectivity index (χ3n) is 3.60. The van der Waals surface area contributed by atoms with E-state index in [4.69, 9.17) is 4.74 Å². The lowest BCUT2D eigenvalue weighted by atomic mass is 10.1. The molecule has 8 heteroatoms. The molecule has 22 heavy (non-hydrogen) atoms. The summed E-state index contributed by atoms with van der Waals surface area (Å²) in [6.07, 6.45) is 2.44. The normalized spacial score (nSPS) is 12.4. The molecule has 0 saturated heterocycles. The number of carbonyl (C=O) groups is 1. The number of aromatic nitrogens is 5. The maximum absolute atomic E-state index is 12.3. The molecule has 0 spiro atoms. The van der Waals surface area contributed by atoms with Crippen LogP contribution in [-0.2, 0) is 17.7 Å². The highest BCUT2D eigenvalue weighted by molar-refractivity contribution is 5.94. The minimum atomic E-state index is -0.270. The number of aromatic amines is 1. The molecule has 2 aromatic rings. The zero-order valence-electron chi connectivity index (χ0n) is 13.4. The summed E-state index contributed by atoms with van der Waals surface area (Å²) >= 11 is 0. The number of rotatable bonds is 7. The predicted molar refractivity (Wildman–Crippen MR) is 80.5 cm³/mol. The number of amides is 1. The summed E-state index contributed by atoms with van der Waals surface area (Å²) in [6.45, 7) is 6.98. The molecule has 0 saturated carbocycles. The van der Waals surface area contributed by atoms with Crippen molar-refractivity contribution in [1.29, 1.82) is 0 Å². The van der Waals surface area contributed by atoms with Gasteiger partial charge in [-0.2, -0.15) is 5.10 Å². The summed E-state index contributed by atoms with van der Waals surface area (Å²) in [6, 6.07) is -0.270. The molecule has 2 aromatic heterocycles. The molecule has 0 aliphatic rings. The first-order valence-corrected chi connectivity index (χ1v) is 7.29. The molecule has 0 radical (unpaired) electrons. The molecule has 2 heterocycles. The molecular formula is C14H22N6O2. The Hall–Kier alpha value is -2.22. The molecule has 0 aliphatic carbocycles. The van der Waals surface area contributed by atoms with Crippen molar-refractivity contribution in [3.8, 4) is 0 Å². The number of carbonyl (C=O) groups excluding carboxylic acids is 1. The summed E-state index contributed by atoms with van der Waals surface area (Å²) in [5, 5.41) is 17.9.